The second-order valence-corrected chi connectivity index (χ2v) is 5.27. The molecule has 0 atom stereocenters. The van der Waals surface area contributed by atoms with Crippen LogP contribution in [0.15, 0.2) is 35.4 Å². The van der Waals surface area contributed by atoms with Gasteiger partial charge in [-0.2, -0.15) is 0 Å². The maximum atomic E-state index is 13.7. The lowest BCUT2D eigenvalue weighted by atomic mass is 10.2. The molecule has 1 fully saturated rings. The number of aromatic amines is 1. The molecule has 22 heavy (non-hydrogen) atoms. The van der Waals surface area contributed by atoms with Crippen LogP contribution in [0.4, 0.5) is 14.6 Å². The normalized spacial score (nSPS) is 16.0. The average Bonchev–Trinajstić information content (AvgIpc) is 2.51. The Bertz CT molecular complexity index is 711. The minimum atomic E-state index is -0.563. The van der Waals surface area contributed by atoms with Crippen LogP contribution in [-0.4, -0.2) is 41.0 Å². The number of aromatic nitrogens is 2. The van der Waals surface area contributed by atoms with Gasteiger partial charge < -0.3 is 9.88 Å². The Morgan fingerprint density at radius 3 is 2.59 bits per heavy atom. The predicted octanol–water partition coefficient (Wildman–Crippen LogP) is 1.37. The molecule has 1 aromatic carbocycles. The summed E-state index contributed by atoms with van der Waals surface area (Å²) in [5.41, 5.74) is 0.310. The van der Waals surface area contributed by atoms with E-state index in [1.54, 1.807) is 0 Å². The lowest BCUT2D eigenvalue weighted by Crippen LogP contribution is -2.46. The molecule has 0 radical (unpaired) electrons. The third-order valence-corrected chi connectivity index (χ3v) is 3.77. The first-order valence-corrected chi connectivity index (χ1v) is 7.08. The van der Waals surface area contributed by atoms with Crippen LogP contribution in [0.5, 0.6) is 0 Å². The molecule has 0 unspecified atom stereocenters. The number of H-pyrrole nitrogens is 1. The molecular weight excluding hydrogens is 290 g/mol. The summed E-state index contributed by atoms with van der Waals surface area (Å²) < 4.78 is 26.6. The SMILES string of the molecule is O=c1cc(N2CCN(Cc3ccc(F)cc3F)CC2)nc[nH]1. The summed E-state index contributed by atoms with van der Waals surface area (Å²) in [6, 6.07) is 5.13. The van der Waals surface area contributed by atoms with Gasteiger partial charge in [-0.1, -0.05) is 6.07 Å². The van der Waals surface area contributed by atoms with Crippen molar-refractivity contribution in [3.63, 3.8) is 0 Å². The van der Waals surface area contributed by atoms with Crippen LogP contribution < -0.4 is 10.5 Å². The number of piperazine rings is 1. The van der Waals surface area contributed by atoms with E-state index < -0.39 is 11.6 Å². The van der Waals surface area contributed by atoms with Crippen molar-refractivity contribution >= 4 is 5.82 Å². The monoisotopic (exact) mass is 306 g/mol. The highest BCUT2D eigenvalue weighted by atomic mass is 19.1. The number of anilines is 1. The second-order valence-electron chi connectivity index (χ2n) is 5.27. The summed E-state index contributed by atoms with van der Waals surface area (Å²) in [7, 11) is 0. The van der Waals surface area contributed by atoms with E-state index in [0.29, 0.717) is 31.0 Å². The first-order valence-electron chi connectivity index (χ1n) is 7.08. The third kappa shape index (κ3) is 3.30. The van der Waals surface area contributed by atoms with Gasteiger partial charge in [-0.3, -0.25) is 9.69 Å². The summed E-state index contributed by atoms with van der Waals surface area (Å²) in [6.45, 7) is 3.32. The number of benzene rings is 1. The Morgan fingerprint density at radius 1 is 1.14 bits per heavy atom. The molecule has 1 aromatic heterocycles. The smallest absolute Gasteiger partial charge is 0.252 e. The van der Waals surface area contributed by atoms with E-state index in [-0.39, 0.29) is 5.56 Å². The fraction of sp³-hybridized carbons (Fsp3) is 0.333. The third-order valence-electron chi connectivity index (χ3n) is 3.77. The van der Waals surface area contributed by atoms with Gasteiger partial charge in [0.2, 0.25) is 0 Å². The minimum absolute atomic E-state index is 0.180. The van der Waals surface area contributed by atoms with Gasteiger partial charge in [0.1, 0.15) is 17.5 Å². The highest BCUT2D eigenvalue weighted by Gasteiger charge is 2.19. The fourth-order valence-corrected chi connectivity index (χ4v) is 2.56. The molecule has 0 aliphatic carbocycles. The Balaban J connectivity index is 1.61. The van der Waals surface area contributed by atoms with Crippen LogP contribution in [0.3, 0.4) is 0 Å². The summed E-state index contributed by atoms with van der Waals surface area (Å²) in [5, 5.41) is 0. The van der Waals surface area contributed by atoms with E-state index in [4.69, 9.17) is 0 Å². The zero-order valence-electron chi connectivity index (χ0n) is 11.9. The molecule has 1 saturated heterocycles. The maximum Gasteiger partial charge on any atom is 0.252 e. The predicted molar refractivity (Wildman–Crippen MR) is 78.7 cm³/mol. The van der Waals surface area contributed by atoms with Crippen LogP contribution in [0, 0.1) is 11.6 Å². The largest absolute Gasteiger partial charge is 0.354 e. The van der Waals surface area contributed by atoms with Crippen LogP contribution in [0.2, 0.25) is 0 Å². The van der Waals surface area contributed by atoms with Crippen molar-refractivity contribution in [1.29, 1.82) is 0 Å². The Labute approximate surface area is 126 Å². The Morgan fingerprint density at radius 2 is 1.91 bits per heavy atom. The molecule has 7 heteroatoms. The van der Waals surface area contributed by atoms with E-state index in [0.717, 1.165) is 19.2 Å². The number of nitrogens with zero attached hydrogens (tertiary/aromatic N) is 3. The van der Waals surface area contributed by atoms with Crippen LogP contribution in [-0.2, 0) is 6.54 Å². The highest BCUT2D eigenvalue weighted by molar-refractivity contribution is 5.37. The highest BCUT2D eigenvalue weighted by Crippen LogP contribution is 2.15. The van der Waals surface area contributed by atoms with E-state index in [1.165, 1.54) is 24.5 Å². The van der Waals surface area contributed by atoms with E-state index in [1.807, 2.05) is 4.90 Å². The van der Waals surface area contributed by atoms with Crippen molar-refractivity contribution in [3.05, 3.63) is 58.1 Å². The van der Waals surface area contributed by atoms with Gasteiger partial charge in [0, 0.05) is 50.4 Å². The first kappa shape index (κ1) is 14.6. The van der Waals surface area contributed by atoms with Crippen LogP contribution >= 0.6 is 0 Å². The van der Waals surface area contributed by atoms with Crippen molar-refractivity contribution in [2.24, 2.45) is 0 Å². The molecule has 5 nitrogen and oxygen atoms in total. The summed E-state index contributed by atoms with van der Waals surface area (Å²) in [5.74, 6) is -0.429. The van der Waals surface area contributed by atoms with Gasteiger partial charge in [-0.25, -0.2) is 13.8 Å². The molecule has 0 amide bonds. The van der Waals surface area contributed by atoms with E-state index in [9.17, 15) is 13.6 Å². The lowest BCUT2D eigenvalue weighted by Gasteiger charge is -2.35. The van der Waals surface area contributed by atoms with E-state index in [2.05, 4.69) is 14.9 Å². The zero-order chi connectivity index (χ0) is 15.5. The molecule has 1 aliphatic heterocycles. The van der Waals surface area contributed by atoms with Gasteiger partial charge in [0.25, 0.3) is 5.56 Å². The molecule has 2 heterocycles. The Kier molecular flexibility index (Phi) is 4.15. The van der Waals surface area contributed by atoms with Gasteiger partial charge in [-0.15, -0.1) is 0 Å². The number of rotatable bonds is 3. The van der Waals surface area contributed by atoms with Gasteiger partial charge in [0.15, 0.2) is 0 Å². The molecule has 0 spiro atoms. The fourth-order valence-electron chi connectivity index (χ4n) is 2.56. The standard InChI is InChI=1S/C15H16F2N4O/c16-12-2-1-11(13(17)7-12)9-20-3-5-21(6-4-20)14-8-15(22)19-10-18-14/h1-2,7-8,10H,3-6,9H2,(H,18,19,22). The van der Waals surface area contributed by atoms with E-state index >= 15 is 0 Å². The quantitative estimate of drug-likeness (QED) is 0.930. The van der Waals surface area contributed by atoms with Crippen molar-refractivity contribution in [3.8, 4) is 0 Å². The van der Waals surface area contributed by atoms with Crippen molar-refractivity contribution in [2.45, 2.75) is 6.54 Å². The summed E-state index contributed by atoms with van der Waals surface area (Å²) in [6.07, 6.45) is 1.39. The molecule has 2 aromatic rings. The molecule has 1 aliphatic rings. The van der Waals surface area contributed by atoms with Gasteiger partial charge >= 0.3 is 0 Å². The number of halogens is 2. The lowest BCUT2D eigenvalue weighted by molar-refractivity contribution is 0.246. The number of nitrogens with one attached hydrogen (secondary N) is 1. The first-order chi connectivity index (χ1) is 10.6. The molecule has 0 bridgehead atoms. The van der Waals surface area contributed by atoms with Crippen molar-refractivity contribution in [2.75, 3.05) is 31.1 Å². The number of hydrogen-bond acceptors (Lipinski definition) is 4. The Hall–Kier alpha value is -2.28. The van der Waals surface area contributed by atoms with Gasteiger partial charge in [0.05, 0.1) is 6.33 Å². The topological polar surface area (TPSA) is 52.2 Å². The van der Waals surface area contributed by atoms with Crippen molar-refractivity contribution in [1.82, 2.24) is 14.9 Å². The minimum Gasteiger partial charge on any atom is -0.354 e. The van der Waals surface area contributed by atoms with Crippen LogP contribution in [0.1, 0.15) is 5.56 Å². The zero-order valence-corrected chi connectivity index (χ0v) is 11.9. The average molecular weight is 306 g/mol. The molecule has 116 valence electrons. The summed E-state index contributed by atoms with van der Waals surface area (Å²) >= 11 is 0. The second kappa shape index (κ2) is 6.23. The van der Waals surface area contributed by atoms with Crippen molar-refractivity contribution < 1.29 is 8.78 Å². The molecule has 0 saturated carbocycles. The maximum absolute atomic E-state index is 13.7. The summed E-state index contributed by atoms with van der Waals surface area (Å²) in [4.78, 5) is 22.0. The molecule has 3 rings (SSSR count). The van der Waals surface area contributed by atoms with Gasteiger partial charge in [-0.05, 0) is 6.07 Å². The molecular formula is C15H16F2N4O. The van der Waals surface area contributed by atoms with Crippen LogP contribution in [0.25, 0.3) is 0 Å². The molecule has 1 N–H and O–H groups in total. The number of hydrogen-bond donors (Lipinski definition) is 1.